The van der Waals surface area contributed by atoms with Crippen LogP contribution in [0.25, 0.3) is 0 Å². The van der Waals surface area contributed by atoms with Crippen LogP contribution in [0.5, 0.6) is 0 Å². The van der Waals surface area contributed by atoms with Crippen LogP contribution in [0.4, 0.5) is 0 Å². The second kappa shape index (κ2) is 6.40. The van der Waals surface area contributed by atoms with Crippen LogP contribution in [0.3, 0.4) is 0 Å². The van der Waals surface area contributed by atoms with Gasteiger partial charge in [0.2, 0.25) is 5.91 Å². The van der Waals surface area contributed by atoms with E-state index in [1.165, 1.54) is 0 Å². The first-order chi connectivity index (χ1) is 6.04. The van der Waals surface area contributed by atoms with Crippen molar-refractivity contribution in [2.45, 2.75) is 33.1 Å². The van der Waals surface area contributed by atoms with E-state index in [4.69, 9.17) is 0 Å². The van der Waals surface area contributed by atoms with Gasteiger partial charge in [-0.3, -0.25) is 4.79 Å². The van der Waals surface area contributed by atoms with Gasteiger partial charge in [0.15, 0.2) is 0 Å². The highest BCUT2D eigenvalue weighted by molar-refractivity contribution is 5.92. The Balaban J connectivity index is 3.31. The third-order valence-corrected chi connectivity index (χ3v) is 1.63. The van der Waals surface area contributed by atoms with E-state index in [9.17, 15) is 9.59 Å². The topological polar surface area (TPSA) is 46.2 Å². The molecule has 0 rings (SSSR count). The minimum absolute atomic E-state index is 0.108. The Labute approximate surface area is 79.2 Å². The molecule has 0 saturated carbocycles. The van der Waals surface area contributed by atoms with E-state index in [0.717, 1.165) is 12.8 Å². The molecule has 0 unspecified atom stereocenters. The highest BCUT2D eigenvalue weighted by Crippen LogP contribution is 1.95. The number of amides is 1. The molecule has 0 aliphatic heterocycles. The summed E-state index contributed by atoms with van der Waals surface area (Å²) in [6.45, 7) is 7.39. The van der Waals surface area contributed by atoms with Crippen LogP contribution < -0.4 is 5.32 Å². The summed E-state index contributed by atoms with van der Waals surface area (Å²) in [6, 6.07) is 0. The van der Waals surface area contributed by atoms with Crippen molar-refractivity contribution in [2.24, 2.45) is 0 Å². The lowest BCUT2D eigenvalue weighted by atomic mass is 10.2. The van der Waals surface area contributed by atoms with Gasteiger partial charge in [0.05, 0.1) is 0 Å². The van der Waals surface area contributed by atoms with E-state index in [1.54, 1.807) is 13.8 Å². The average molecular weight is 183 g/mol. The fourth-order valence-corrected chi connectivity index (χ4v) is 0.852. The molecular weight excluding hydrogens is 166 g/mol. The summed E-state index contributed by atoms with van der Waals surface area (Å²) in [4.78, 5) is 21.5. The maximum Gasteiger partial charge on any atom is 0.246 e. The lowest BCUT2D eigenvalue weighted by Gasteiger charge is -2.03. The average Bonchev–Trinajstić information content (AvgIpc) is 2.02. The molecule has 0 radical (unpaired) electrons. The molecule has 13 heavy (non-hydrogen) atoms. The highest BCUT2D eigenvalue weighted by atomic mass is 16.1. The van der Waals surface area contributed by atoms with Gasteiger partial charge in [0.25, 0.3) is 0 Å². The second-order valence-electron chi connectivity index (χ2n) is 3.20. The Hall–Kier alpha value is -1.12. The Kier molecular flexibility index (Phi) is 5.85. The molecule has 0 aliphatic carbocycles. The molecule has 0 atom stereocenters. The lowest BCUT2D eigenvalue weighted by molar-refractivity contribution is -0.117. The predicted molar refractivity (Wildman–Crippen MR) is 52.4 cm³/mol. The first kappa shape index (κ1) is 11.9. The number of carbonyl (C=O) groups excluding carboxylic acids is 2. The van der Waals surface area contributed by atoms with Gasteiger partial charge in [-0.25, -0.2) is 0 Å². The van der Waals surface area contributed by atoms with Crippen molar-refractivity contribution in [1.82, 2.24) is 5.32 Å². The third-order valence-electron chi connectivity index (χ3n) is 1.63. The third kappa shape index (κ3) is 7.25. The summed E-state index contributed by atoms with van der Waals surface area (Å²) in [7, 11) is 0. The van der Waals surface area contributed by atoms with E-state index in [-0.39, 0.29) is 11.7 Å². The van der Waals surface area contributed by atoms with E-state index in [0.29, 0.717) is 18.5 Å². The molecule has 3 nitrogen and oxygen atoms in total. The highest BCUT2D eigenvalue weighted by Gasteiger charge is 1.99. The van der Waals surface area contributed by atoms with Crippen molar-refractivity contribution in [1.29, 1.82) is 0 Å². The number of carbonyl (C=O) groups is 2. The standard InChI is InChI=1S/C10H17NO2/c1-8(2)10(13)11-7-5-4-6-9(3)12/h1,4-7H2,2-3H3,(H,11,13). The van der Waals surface area contributed by atoms with Crippen LogP contribution in [-0.2, 0) is 9.59 Å². The zero-order chi connectivity index (χ0) is 10.3. The van der Waals surface area contributed by atoms with Crippen molar-refractivity contribution >= 4 is 11.7 Å². The van der Waals surface area contributed by atoms with Crippen LogP contribution in [0.15, 0.2) is 12.2 Å². The minimum Gasteiger partial charge on any atom is -0.352 e. The van der Waals surface area contributed by atoms with Crippen molar-refractivity contribution in [3.63, 3.8) is 0 Å². The molecule has 0 aromatic heterocycles. The first-order valence-electron chi connectivity index (χ1n) is 4.47. The number of hydrogen-bond donors (Lipinski definition) is 1. The number of nitrogens with one attached hydrogen (secondary N) is 1. The summed E-state index contributed by atoms with van der Waals surface area (Å²) in [5.74, 6) is 0.0917. The van der Waals surface area contributed by atoms with Gasteiger partial charge < -0.3 is 10.1 Å². The van der Waals surface area contributed by atoms with Gasteiger partial charge in [-0.15, -0.1) is 0 Å². The molecule has 74 valence electrons. The van der Waals surface area contributed by atoms with Crippen LogP contribution in [0.2, 0.25) is 0 Å². The number of ketones is 1. The summed E-state index contributed by atoms with van der Waals surface area (Å²) in [6.07, 6.45) is 2.29. The van der Waals surface area contributed by atoms with E-state index >= 15 is 0 Å². The summed E-state index contributed by atoms with van der Waals surface area (Å²) in [5.41, 5.74) is 0.520. The predicted octanol–water partition coefficient (Wildman–Crippen LogP) is 1.44. The fourth-order valence-electron chi connectivity index (χ4n) is 0.852. The van der Waals surface area contributed by atoms with Crippen LogP contribution in [0.1, 0.15) is 33.1 Å². The van der Waals surface area contributed by atoms with Crippen LogP contribution in [0, 0.1) is 0 Å². The Morgan fingerprint density at radius 3 is 2.31 bits per heavy atom. The number of unbranched alkanes of at least 4 members (excludes halogenated alkanes) is 1. The quantitative estimate of drug-likeness (QED) is 0.500. The molecule has 0 saturated heterocycles. The van der Waals surface area contributed by atoms with Crippen molar-refractivity contribution < 1.29 is 9.59 Å². The minimum atomic E-state index is -0.108. The molecule has 3 heteroatoms. The first-order valence-corrected chi connectivity index (χ1v) is 4.47. The van der Waals surface area contributed by atoms with Gasteiger partial charge in [0, 0.05) is 18.5 Å². The van der Waals surface area contributed by atoms with Gasteiger partial charge in [0.1, 0.15) is 5.78 Å². The monoisotopic (exact) mass is 183 g/mol. The number of Topliss-reactive ketones (excluding diaryl/α,β-unsaturated/α-hetero) is 1. The molecule has 0 aromatic rings. The Morgan fingerprint density at radius 1 is 1.23 bits per heavy atom. The Morgan fingerprint density at radius 2 is 1.85 bits per heavy atom. The lowest BCUT2D eigenvalue weighted by Crippen LogP contribution is -2.24. The van der Waals surface area contributed by atoms with Crippen molar-refractivity contribution in [3.05, 3.63) is 12.2 Å². The molecule has 1 amide bonds. The van der Waals surface area contributed by atoms with Crippen LogP contribution in [-0.4, -0.2) is 18.2 Å². The van der Waals surface area contributed by atoms with Crippen molar-refractivity contribution in [3.8, 4) is 0 Å². The summed E-state index contributed by atoms with van der Waals surface area (Å²) in [5, 5.41) is 2.71. The molecule has 0 aromatic carbocycles. The van der Waals surface area contributed by atoms with E-state index in [2.05, 4.69) is 11.9 Å². The maximum atomic E-state index is 11.0. The van der Waals surface area contributed by atoms with Gasteiger partial charge in [-0.2, -0.15) is 0 Å². The SMILES string of the molecule is C=C(C)C(=O)NCCCCC(C)=O. The molecule has 0 spiro atoms. The maximum absolute atomic E-state index is 11.0. The zero-order valence-electron chi connectivity index (χ0n) is 8.35. The van der Waals surface area contributed by atoms with E-state index in [1.807, 2.05) is 0 Å². The number of hydrogen-bond acceptors (Lipinski definition) is 2. The second-order valence-corrected chi connectivity index (χ2v) is 3.20. The zero-order valence-corrected chi connectivity index (χ0v) is 8.35. The fraction of sp³-hybridized carbons (Fsp3) is 0.600. The molecule has 0 bridgehead atoms. The molecule has 0 fully saturated rings. The number of rotatable bonds is 6. The van der Waals surface area contributed by atoms with Crippen LogP contribution >= 0.6 is 0 Å². The summed E-state index contributed by atoms with van der Waals surface area (Å²) >= 11 is 0. The largest absolute Gasteiger partial charge is 0.352 e. The van der Waals surface area contributed by atoms with E-state index < -0.39 is 0 Å². The molecule has 0 aliphatic rings. The van der Waals surface area contributed by atoms with Gasteiger partial charge >= 0.3 is 0 Å². The molecular formula is C10H17NO2. The smallest absolute Gasteiger partial charge is 0.246 e. The van der Waals surface area contributed by atoms with Gasteiger partial charge in [-0.05, 0) is 26.7 Å². The summed E-state index contributed by atoms with van der Waals surface area (Å²) < 4.78 is 0. The normalized spacial score (nSPS) is 9.38. The Bertz CT molecular complexity index is 209. The van der Waals surface area contributed by atoms with Gasteiger partial charge in [-0.1, -0.05) is 6.58 Å². The van der Waals surface area contributed by atoms with Crippen molar-refractivity contribution in [2.75, 3.05) is 6.54 Å². The molecule has 0 heterocycles. The molecule has 1 N–H and O–H groups in total.